The monoisotopic (exact) mass is 733 g/mol. The molecule has 11 rings (SSSR count). The molecule has 3 aliphatic carbocycles. The van der Waals surface area contributed by atoms with Gasteiger partial charge in [-0.05, 0) is 111 Å². The average molecular weight is 734 g/mol. The molecule has 0 amide bonds. The molecule has 3 aliphatic rings. The van der Waals surface area contributed by atoms with Crippen LogP contribution in [-0.2, 0) is 0 Å². The number of hydrogen-bond acceptors (Lipinski definition) is 2. The predicted octanol–water partition coefficient (Wildman–Crippen LogP) is 15.3. The lowest BCUT2D eigenvalue weighted by Gasteiger charge is -2.39. The summed E-state index contributed by atoms with van der Waals surface area (Å²) in [5, 5.41) is 2.66. The molecule has 0 radical (unpaired) electrons. The van der Waals surface area contributed by atoms with Gasteiger partial charge < -0.3 is 4.90 Å². The molecule has 8 aromatic rings. The second-order valence-electron chi connectivity index (χ2n) is 15.1. The maximum absolute atomic E-state index is 2.51. The lowest BCUT2D eigenvalue weighted by Crippen LogP contribution is -2.25. The van der Waals surface area contributed by atoms with Gasteiger partial charge in [0.1, 0.15) is 0 Å². The highest BCUT2D eigenvalue weighted by Gasteiger charge is 2.35. The number of allylic oxidation sites excluding steroid dienone is 8. The molecule has 0 aliphatic heterocycles. The summed E-state index contributed by atoms with van der Waals surface area (Å²) in [6, 6.07) is 62.5. The van der Waals surface area contributed by atoms with Crippen LogP contribution >= 0.6 is 11.3 Å². The first-order chi connectivity index (χ1) is 27.8. The summed E-state index contributed by atoms with van der Waals surface area (Å²) < 4.78 is 2.67. The zero-order chi connectivity index (χ0) is 37.0. The Bertz CT molecular complexity index is 2920. The number of rotatable bonds is 6. The fourth-order valence-corrected chi connectivity index (χ4v) is 10.5. The van der Waals surface area contributed by atoms with Gasteiger partial charge in [0.25, 0.3) is 0 Å². The minimum atomic E-state index is 0.324. The Kier molecular flexibility index (Phi) is 8.03. The lowest BCUT2D eigenvalue weighted by molar-refractivity contribution is 0.743. The van der Waals surface area contributed by atoms with Crippen LogP contribution in [0.4, 0.5) is 11.4 Å². The third-order valence-corrected chi connectivity index (χ3v) is 13.1. The molecule has 1 unspecified atom stereocenters. The van der Waals surface area contributed by atoms with Crippen LogP contribution in [0.3, 0.4) is 0 Å². The van der Waals surface area contributed by atoms with Gasteiger partial charge >= 0.3 is 0 Å². The van der Waals surface area contributed by atoms with Crippen molar-refractivity contribution in [2.24, 2.45) is 5.92 Å². The summed E-state index contributed by atoms with van der Waals surface area (Å²) in [4.78, 5) is 2.49. The molecule has 0 fully saturated rings. The second kappa shape index (κ2) is 13.7. The largest absolute Gasteiger partial charge is 0.314 e. The molecule has 0 N–H and O–H groups in total. The van der Waals surface area contributed by atoms with Crippen LogP contribution in [-0.4, -0.2) is 0 Å². The summed E-state index contributed by atoms with van der Waals surface area (Å²) >= 11 is 1.89. The quantitative estimate of drug-likeness (QED) is 0.164. The molecule has 0 spiro atoms. The molecule has 1 heterocycles. The molecular formula is C54H39NS. The topological polar surface area (TPSA) is 3.24 Å². The van der Waals surface area contributed by atoms with E-state index in [1.54, 1.807) is 0 Å². The van der Waals surface area contributed by atoms with Gasteiger partial charge in [-0.1, -0.05) is 158 Å². The van der Waals surface area contributed by atoms with Crippen LogP contribution in [0.15, 0.2) is 205 Å². The lowest BCUT2D eigenvalue weighted by atomic mass is 9.68. The summed E-state index contributed by atoms with van der Waals surface area (Å²) in [6.45, 7) is 0. The van der Waals surface area contributed by atoms with E-state index in [0.29, 0.717) is 5.92 Å². The van der Waals surface area contributed by atoms with E-state index in [2.05, 4.69) is 199 Å². The van der Waals surface area contributed by atoms with Gasteiger partial charge in [0.15, 0.2) is 0 Å². The molecule has 0 saturated carbocycles. The number of benzene rings is 7. The molecule has 7 aromatic carbocycles. The van der Waals surface area contributed by atoms with E-state index in [1.807, 2.05) is 11.3 Å². The Morgan fingerprint density at radius 2 is 1.04 bits per heavy atom. The van der Waals surface area contributed by atoms with E-state index in [9.17, 15) is 0 Å². The maximum Gasteiger partial charge on any atom is 0.0458 e. The van der Waals surface area contributed by atoms with Crippen molar-refractivity contribution in [1.82, 2.24) is 0 Å². The minimum absolute atomic E-state index is 0.324. The van der Waals surface area contributed by atoms with Crippen LogP contribution in [0.5, 0.6) is 0 Å². The first-order valence-corrected chi connectivity index (χ1v) is 20.6. The fraction of sp³-hybridized carbons (Fsp3) is 0.0741. The minimum Gasteiger partial charge on any atom is -0.314 e. The van der Waals surface area contributed by atoms with E-state index in [1.165, 1.54) is 92.8 Å². The third kappa shape index (κ3) is 5.52. The highest BCUT2D eigenvalue weighted by atomic mass is 32.1. The zero-order valence-electron chi connectivity index (χ0n) is 31.0. The van der Waals surface area contributed by atoms with E-state index in [4.69, 9.17) is 0 Å². The van der Waals surface area contributed by atoms with Crippen LogP contribution in [0.2, 0.25) is 0 Å². The molecule has 1 aromatic heterocycles. The predicted molar refractivity (Wildman–Crippen MR) is 240 cm³/mol. The Hall–Kier alpha value is -6.48. The van der Waals surface area contributed by atoms with Crippen molar-refractivity contribution in [3.63, 3.8) is 0 Å². The fourth-order valence-electron chi connectivity index (χ4n) is 9.30. The van der Waals surface area contributed by atoms with Crippen molar-refractivity contribution in [3.8, 4) is 33.4 Å². The van der Waals surface area contributed by atoms with Crippen molar-refractivity contribution < 1.29 is 0 Å². The van der Waals surface area contributed by atoms with Crippen molar-refractivity contribution in [2.75, 3.05) is 4.90 Å². The zero-order valence-corrected chi connectivity index (χ0v) is 31.8. The number of fused-ring (bicyclic) bond motifs is 9. The highest BCUT2D eigenvalue weighted by Crippen LogP contribution is 2.52. The molecule has 1 atom stereocenters. The highest BCUT2D eigenvalue weighted by molar-refractivity contribution is 7.26. The van der Waals surface area contributed by atoms with Crippen LogP contribution < -0.4 is 4.90 Å². The van der Waals surface area contributed by atoms with E-state index >= 15 is 0 Å². The first-order valence-electron chi connectivity index (χ1n) is 19.8. The van der Waals surface area contributed by atoms with Crippen molar-refractivity contribution in [1.29, 1.82) is 0 Å². The van der Waals surface area contributed by atoms with E-state index < -0.39 is 0 Å². The van der Waals surface area contributed by atoms with E-state index in [0.717, 1.165) is 24.9 Å². The molecule has 266 valence electrons. The van der Waals surface area contributed by atoms with Gasteiger partial charge in [-0.3, -0.25) is 0 Å². The van der Waals surface area contributed by atoms with Gasteiger partial charge in [0, 0.05) is 48.7 Å². The van der Waals surface area contributed by atoms with Crippen LogP contribution in [0.1, 0.15) is 30.4 Å². The molecule has 1 nitrogen and oxygen atoms in total. The van der Waals surface area contributed by atoms with Crippen molar-refractivity contribution in [3.05, 3.63) is 217 Å². The van der Waals surface area contributed by atoms with Gasteiger partial charge in [-0.15, -0.1) is 11.3 Å². The van der Waals surface area contributed by atoms with Crippen molar-refractivity contribution in [2.45, 2.75) is 19.3 Å². The van der Waals surface area contributed by atoms with Gasteiger partial charge in [0.2, 0.25) is 0 Å². The molecular weight excluding hydrogens is 695 g/mol. The third-order valence-electron chi connectivity index (χ3n) is 11.9. The van der Waals surface area contributed by atoms with Crippen molar-refractivity contribution >= 4 is 54.0 Å². The second-order valence-corrected chi connectivity index (χ2v) is 16.1. The number of hydrogen-bond donors (Lipinski definition) is 0. The number of nitrogens with zero attached hydrogens (tertiary/aromatic N) is 1. The Morgan fingerprint density at radius 1 is 0.429 bits per heavy atom. The summed E-state index contributed by atoms with van der Waals surface area (Å²) in [7, 11) is 0. The maximum atomic E-state index is 2.51. The average Bonchev–Trinajstić information content (AvgIpc) is 3.67. The number of thiophene rings is 1. The first kappa shape index (κ1) is 32.9. The SMILES string of the molecule is C1=C2C(=CCC1)C1CC(N(c3ccc(-c4ccccc4)cc3)c3ccc(-c4ccccc4-c4cccc5c4sc4ccccc45)cc3)=CC=C1c1ccccc12. The standard InChI is InChI=1S/C54H39NS/c1-2-13-36(14-3-1)37-25-29-39(30-26-37)55(41-33-34-48-46-19-7-6-17-44(46)45-18-8-9-20-47(45)52(48)35-41)40-31-27-38(28-32-40)42-15-4-5-16-43(42)50-22-12-23-51-49-21-10-11-24-53(49)56-54(50)51/h1-7,10-34,52H,8-9,35H2. The van der Waals surface area contributed by atoms with Crippen LogP contribution in [0.25, 0.3) is 64.7 Å². The van der Waals surface area contributed by atoms with Crippen LogP contribution in [0, 0.1) is 5.92 Å². The smallest absolute Gasteiger partial charge is 0.0458 e. The van der Waals surface area contributed by atoms with Gasteiger partial charge in [-0.2, -0.15) is 0 Å². The Morgan fingerprint density at radius 3 is 1.84 bits per heavy atom. The molecule has 0 bridgehead atoms. The van der Waals surface area contributed by atoms with Gasteiger partial charge in [0.05, 0.1) is 0 Å². The molecule has 0 saturated heterocycles. The summed E-state index contributed by atoms with van der Waals surface area (Å²) in [6.07, 6.45) is 12.9. The summed E-state index contributed by atoms with van der Waals surface area (Å²) in [5.41, 5.74) is 18.2. The Balaban J connectivity index is 1.01. The number of anilines is 2. The molecule has 2 heteroatoms. The van der Waals surface area contributed by atoms with E-state index in [-0.39, 0.29) is 0 Å². The Labute approximate surface area is 332 Å². The molecule has 56 heavy (non-hydrogen) atoms. The normalized spacial score (nSPS) is 15.9. The van der Waals surface area contributed by atoms with Gasteiger partial charge in [-0.25, -0.2) is 0 Å². The summed E-state index contributed by atoms with van der Waals surface area (Å²) in [5.74, 6) is 0.324.